The molecule has 1 atom stereocenters. The second kappa shape index (κ2) is 6.53. The summed E-state index contributed by atoms with van der Waals surface area (Å²) in [4.78, 5) is 3.50. The highest BCUT2D eigenvalue weighted by molar-refractivity contribution is 7.10. The molecule has 2 aromatic rings. The number of aryl methyl sites for hydroxylation is 1. The molecule has 0 aliphatic rings. The molecule has 102 valence electrons. The highest BCUT2D eigenvalue weighted by Crippen LogP contribution is 2.28. The van der Waals surface area contributed by atoms with Gasteiger partial charge in [-0.15, -0.1) is 11.3 Å². The first-order chi connectivity index (χ1) is 9.10. The van der Waals surface area contributed by atoms with Crippen LogP contribution in [0.4, 0.5) is 0 Å². The topological polar surface area (TPSA) is 29.3 Å². The monoisotopic (exact) mass is 294 g/mol. The maximum atomic E-state index is 6.00. The predicted molar refractivity (Wildman–Crippen MR) is 83.8 cm³/mol. The third-order valence-corrected chi connectivity index (χ3v) is 4.57. The van der Waals surface area contributed by atoms with E-state index in [0.717, 1.165) is 11.6 Å². The van der Waals surface area contributed by atoms with Gasteiger partial charge in [0, 0.05) is 23.3 Å². The van der Waals surface area contributed by atoms with Crippen LogP contribution in [0.3, 0.4) is 0 Å². The molecule has 2 rings (SSSR count). The number of nitrogens with zero attached hydrogens (tertiary/aromatic N) is 1. The molecule has 2 nitrogen and oxygen atoms in total. The lowest BCUT2D eigenvalue weighted by atomic mass is 10.1. The van der Waals surface area contributed by atoms with E-state index >= 15 is 0 Å². The summed E-state index contributed by atoms with van der Waals surface area (Å²) in [6, 6.07) is 10.8. The normalized spacial score (nSPS) is 12.9. The number of halogens is 1. The first kappa shape index (κ1) is 14.5. The summed E-state index contributed by atoms with van der Waals surface area (Å²) in [6.07, 6.45) is 0. The molecule has 0 fully saturated rings. The van der Waals surface area contributed by atoms with E-state index in [1.807, 2.05) is 11.4 Å². The Hall–Kier alpha value is -0.870. The van der Waals surface area contributed by atoms with Crippen molar-refractivity contribution >= 4 is 22.9 Å². The van der Waals surface area contributed by atoms with Crippen molar-refractivity contribution in [3.8, 4) is 0 Å². The standard InChI is InChI=1S/C15H19ClN2S/c1-11-4-3-5-12(6-11)9-18(2)14(8-17)15-7-13(16)10-19-15/h3-7,10,14H,8-9,17H2,1-2H3. The van der Waals surface area contributed by atoms with Crippen LogP contribution in [0.5, 0.6) is 0 Å². The number of likely N-dealkylation sites (N-methyl/N-ethyl adjacent to an activating group) is 1. The van der Waals surface area contributed by atoms with Gasteiger partial charge in [-0.1, -0.05) is 41.4 Å². The lowest BCUT2D eigenvalue weighted by Crippen LogP contribution is -2.29. The van der Waals surface area contributed by atoms with Crippen LogP contribution in [0.2, 0.25) is 5.02 Å². The van der Waals surface area contributed by atoms with Crippen molar-refractivity contribution in [1.29, 1.82) is 0 Å². The molecule has 0 spiro atoms. The molecule has 0 aliphatic heterocycles. The maximum Gasteiger partial charge on any atom is 0.0565 e. The van der Waals surface area contributed by atoms with E-state index < -0.39 is 0 Å². The highest BCUT2D eigenvalue weighted by atomic mass is 35.5. The van der Waals surface area contributed by atoms with Gasteiger partial charge < -0.3 is 5.73 Å². The van der Waals surface area contributed by atoms with Gasteiger partial charge in [0.25, 0.3) is 0 Å². The Morgan fingerprint density at radius 2 is 2.16 bits per heavy atom. The number of hydrogen-bond donors (Lipinski definition) is 1. The average molecular weight is 295 g/mol. The van der Waals surface area contributed by atoms with Crippen LogP contribution < -0.4 is 5.73 Å². The van der Waals surface area contributed by atoms with Crippen molar-refractivity contribution in [2.45, 2.75) is 19.5 Å². The third-order valence-electron chi connectivity index (χ3n) is 3.19. The fraction of sp³-hybridized carbons (Fsp3) is 0.333. The largest absolute Gasteiger partial charge is 0.329 e. The molecule has 4 heteroatoms. The van der Waals surface area contributed by atoms with Crippen LogP contribution >= 0.6 is 22.9 Å². The Morgan fingerprint density at radius 1 is 1.37 bits per heavy atom. The number of benzene rings is 1. The lowest BCUT2D eigenvalue weighted by molar-refractivity contribution is 0.245. The molecule has 0 saturated carbocycles. The summed E-state index contributed by atoms with van der Waals surface area (Å²) < 4.78 is 0. The molecule has 1 heterocycles. The molecule has 0 radical (unpaired) electrons. The number of hydrogen-bond acceptors (Lipinski definition) is 3. The predicted octanol–water partition coefficient (Wildman–Crippen LogP) is 3.84. The van der Waals surface area contributed by atoms with Gasteiger partial charge in [0.15, 0.2) is 0 Å². The Balaban J connectivity index is 2.11. The van der Waals surface area contributed by atoms with Crippen LogP contribution in [0, 0.1) is 6.92 Å². The Morgan fingerprint density at radius 3 is 2.74 bits per heavy atom. The van der Waals surface area contributed by atoms with E-state index in [1.54, 1.807) is 11.3 Å². The minimum absolute atomic E-state index is 0.220. The van der Waals surface area contributed by atoms with Crippen molar-refractivity contribution in [1.82, 2.24) is 4.90 Å². The summed E-state index contributed by atoms with van der Waals surface area (Å²) >= 11 is 7.67. The van der Waals surface area contributed by atoms with Gasteiger partial charge in [-0.25, -0.2) is 0 Å². The minimum atomic E-state index is 0.220. The fourth-order valence-electron chi connectivity index (χ4n) is 2.22. The van der Waals surface area contributed by atoms with E-state index in [0.29, 0.717) is 6.54 Å². The van der Waals surface area contributed by atoms with Gasteiger partial charge in [-0.3, -0.25) is 4.90 Å². The summed E-state index contributed by atoms with van der Waals surface area (Å²) in [5, 5.41) is 2.75. The van der Waals surface area contributed by atoms with Gasteiger partial charge in [0.05, 0.1) is 11.1 Å². The van der Waals surface area contributed by atoms with Gasteiger partial charge in [-0.2, -0.15) is 0 Å². The SMILES string of the molecule is Cc1cccc(CN(C)C(CN)c2cc(Cl)cs2)c1. The van der Waals surface area contributed by atoms with Crippen LogP contribution in [-0.4, -0.2) is 18.5 Å². The van der Waals surface area contributed by atoms with Crippen molar-refractivity contribution in [2.24, 2.45) is 5.73 Å². The maximum absolute atomic E-state index is 6.00. The van der Waals surface area contributed by atoms with E-state index in [9.17, 15) is 0 Å². The molecule has 1 aromatic carbocycles. The number of thiophene rings is 1. The summed E-state index contributed by atoms with van der Waals surface area (Å²) in [5.74, 6) is 0. The molecule has 19 heavy (non-hydrogen) atoms. The molecule has 0 aliphatic carbocycles. The molecule has 0 bridgehead atoms. The van der Waals surface area contributed by atoms with E-state index in [4.69, 9.17) is 17.3 Å². The Kier molecular flexibility index (Phi) is 4.99. The summed E-state index contributed by atoms with van der Waals surface area (Å²) in [7, 11) is 2.10. The molecule has 1 aromatic heterocycles. The van der Waals surface area contributed by atoms with Crippen LogP contribution in [-0.2, 0) is 6.54 Å². The van der Waals surface area contributed by atoms with Crippen LogP contribution in [0.25, 0.3) is 0 Å². The molecular formula is C15H19ClN2S. The van der Waals surface area contributed by atoms with Gasteiger partial charge in [0.1, 0.15) is 0 Å². The quantitative estimate of drug-likeness (QED) is 0.908. The first-order valence-corrected chi connectivity index (χ1v) is 7.55. The average Bonchev–Trinajstić information content (AvgIpc) is 2.76. The smallest absolute Gasteiger partial charge is 0.0565 e. The zero-order valence-corrected chi connectivity index (χ0v) is 12.8. The van der Waals surface area contributed by atoms with Gasteiger partial charge in [0.2, 0.25) is 0 Å². The van der Waals surface area contributed by atoms with Crippen LogP contribution in [0.1, 0.15) is 22.0 Å². The van der Waals surface area contributed by atoms with Gasteiger partial charge >= 0.3 is 0 Å². The van der Waals surface area contributed by atoms with Crippen molar-refractivity contribution in [3.63, 3.8) is 0 Å². The zero-order chi connectivity index (χ0) is 13.8. The Labute approximate surface area is 123 Å². The molecule has 0 saturated heterocycles. The van der Waals surface area contributed by atoms with Gasteiger partial charge in [-0.05, 0) is 25.6 Å². The first-order valence-electron chi connectivity index (χ1n) is 6.30. The van der Waals surface area contributed by atoms with Crippen molar-refractivity contribution in [3.05, 3.63) is 56.7 Å². The minimum Gasteiger partial charge on any atom is -0.329 e. The summed E-state index contributed by atoms with van der Waals surface area (Å²) in [5.41, 5.74) is 8.52. The van der Waals surface area contributed by atoms with Crippen LogP contribution in [0.15, 0.2) is 35.7 Å². The second-order valence-corrected chi connectivity index (χ2v) is 6.20. The second-order valence-electron chi connectivity index (χ2n) is 4.82. The van der Waals surface area contributed by atoms with Crippen molar-refractivity contribution < 1.29 is 0 Å². The molecule has 1 unspecified atom stereocenters. The molecule has 0 amide bonds. The lowest BCUT2D eigenvalue weighted by Gasteiger charge is -2.26. The van der Waals surface area contributed by atoms with E-state index in [2.05, 4.69) is 43.1 Å². The zero-order valence-electron chi connectivity index (χ0n) is 11.3. The van der Waals surface area contributed by atoms with E-state index in [1.165, 1.54) is 16.0 Å². The van der Waals surface area contributed by atoms with E-state index in [-0.39, 0.29) is 6.04 Å². The number of nitrogens with two attached hydrogens (primary N) is 1. The number of rotatable bonds is 5. The van der Waals surface area contributed by atoms with Crippen molar-refractivity contribution in [2.75, 3.05) is 13.6 Å². The molecular weight excluding hydrogens is 276 g/mol. The fourth-order valence-corrected chi connectivity index (χ4v) is 3.49. The summed E-state index contributed by atoms with van der Waals surface area (Å²) in [6.45, 7) is 3.60. The third kappa shape index (κ3) is 3.80. The highest BCUT2D eigenvalue weighted by Gasteiger charge is 2.17. The Bertz CT molecular complexity index is 538. The molecule has 2 N–H and O–H groups in total.